The molecule has 3 nitrogen and oxygen atoms in total. The lowest BCUT2D eigenvalue weighted by molar-refractivity contribution is -0.137. The maximum absolute atomic E-state index is 11.0. The number of halogens is 1. The first-order valence-corrected chi connectivity index (χ1v) is 8.36. The Hall–Kier alpha value is -0.690. The van der Waals surface area contributed by atoms with Crippen LogP contribution in [0.5, 0.6) is 0 Å². The molecule has 2 N–H and O–H groups in total. The second-order valence-corrected chi connectivity index (χ2v) is 7.06. The number of thiophene rings is 2. The molecule has 2 rings (SSSR count). The van der Waals surface area contributed by atoms with Gasteiger partial charge in [-0.15, -0.1) is 22.7 Å². The quantitative estimate of drug-likeness (QED) is 0.801. The van der Waals surface area contributed by atoms with E-state index in [0.29, 0.717) is 0 Å². The molecule has 0 aromatic carbocycles. The molecular weight excluding hydrogens is 346 g/mol. The van der Waals surface area contributed by atoms with E-state index in [0.717, 1.165) is 9.35 Å². The van der Waals surface area contributed by atoms with E-state index in [4.69, 9.17) is 5.11 Å². The zero-order valence-electron chi connectivity index (χ0n) is 10.3. The first-order chi connectivity index (χ1) is 9.06. The van der Waals surface area contributed by atoms with Crippen LogP contribution in [0.1, 0.15) is 35.2 Å². The van der Waals surface area contributed by atoms with Gasteiger partial charge in [-0.3, -0.25) is 4.79 Å². The normalized spacial score (nSPS) is 14.2. The van der Waals surface area contributed by atoms with Gasteiger partial charge in [-0.05, 0) is 40.4 Å². The van der Waals surface area contributed by atoms with Crippen molar-refractivity contribution in [2.75, 3.05) is 0 Å². The van der Waals surface area contributed by atoms with E-state index < -0.39 is 5.97 Å². The molecule has 19 heavy (non-hydrogen) atoms. The van der Waals surface area contributed by atoms with Crippen LogP contribution < -0.4 is 5.32 Å². The van der Waals surface area contributed by atoms with Crippen molar-refractivity contribution >= 4 is 44.6 Å². The summed E-state index contributed by atoms with van der Waals surface area (Å²) in [4.78, 5) is 13.2. The number of hydrogen-bond acceptors (Lipinski definition) is 4. The second-order valence-electron chi connectivity index (χ2n) is 4.22. The Kier molecular flexibility index (Phi) is 5.15. The van der Waals surface area contributed by atoms with Gasteiger partial charge < -0.3 is 10.4 Å². The Bertz CT molecular complexity index is 539. The summed E-state index contributed by atoms with van der Waals surface area (Å²) in [7, 11) is 0. The lowest BCUT2D eigenvalue weighted by Crippen LogP contribution is -2.25. The van der Waals surface area contributed by atoms with Crippen molar-refractivity contribution in [3.63, 3.8) is 0 Å². The van der Waals surface area contributed by atoms with Gasteiger partial charge in [-0.2, -0.15) is 0 Å². The lowest BCUT2D eigenvalue weighted by Gasteiger charge is -2.20. The largest absolute Gasteiger partial charge is 0.481 e. The molecule has 2 aromatic rings. The van der Waals surface area contributed by atoms with Crippen molar-refractivity contribution in [3.8, 4) is 0 Å². The summed E-state index contributed by atoms with van der Waals surface area (Å²) in [6.07, 6.45) is 0.0946. The number of rotatable bonds is 6. The summed E-state index contributed by atoms with van der Waals surface area (Å²) in [5.41, 5.74) is 0. The summed E-state index contributed by atoms with van der Waals surface area (Å²) >= 11 is 6.68. The van der Waals surface area contributed by atoms with Crippen LogP contribution in [0.2, 0.25) is 0 Å². The summed E-state index contributed by atoms with van der Waals surface area (Å²) in [5.74, 6) is -0.787. The van der Waals surface area contributed by atoms with Crippen LogP contribution in [-0.4, -0.2) is 11.1 Å². The lowest BCUT2D eigenvalue weighted by atomic mass is 10.1. The molecule has 0 spiro atoms. The van der Waals surface area contributed by atoms with Gasteiger partial charge in [0.05, 0.1) is 12.5 Å². The number of carbonyl (C=O) groups is 1. The molecule has 0 saturated heterocycles. The molecule has 0 aliphatic carbocycles. The predicted octanol–water partition coefficient (Wildman–Crippen LogP) is 4.44. The highest BCUT2D eigenvalue weighted by molar-refractivity contribution is 9.10. The summed E-state index contributed by atoms with van der Waals surface area (Å²) < 4.78 is 1.06. The SMILES string of the molecule is CC(NC(CC(=O)O)c1cccs1)c1cc(Br)cs1. The van der Waals surface area contributed by atoms with Crippen molar-refractivity contribution in [2.24, 2.45) is 0 Å². The second kappa shape index (κ2) is 6.65. The van der Waals surface area contributed by atoms with Crippen LogP contribution in [0.15, 0.2) is 33.4 Å². The van der Waals surface area contributed by atoms with Crippen LogP contribution in [0.25, 0.3) is 0 Å². The monoisotopic (exact) mass is 359 g/mol. The molecule has 2 unspecified atom stereocenters. The molecule has 0 fully saturated rings. The van der Waals surface area contributed by atoms with Crippen LogP contribution >= 0.6 is 38.6 Å². The number of carboxylic acid groups (broad SMARTS) is 1. The highest BCUT2D eigenvalue weighted by Gasteiger charge is 2.20. The van der Waals surface area contributed by atoms with Crippen LogP contribution in [0.3, 0.4) is 0 Å². The van der Waals surface area contributed by atoms with Gasteiger partial charge in [0.25, 0.3) is 0 Å². The van der Waals surface area contributed by atoms with Crippen molar-refractivity contribution in [1.29, 1.82) is 0 Å². The Balaban J connectivity index is 2.09. The van der Waals surface area contributed by atoms with Gasteiger partial charge >= 0.3 is 5.97 Å². The third kappa shape index (κ3) is 4.14. The van der Waals surface area contributed by atoms with Crippen LogP contribution in [0.4, 0.5) is 0 Å². The third-order valence-corrected chi connectivity index (χ3v) is 5.59. The van der Waals surface area contributed by atoms with E-state index in [9.17, 15) is 4.79 Å². The zero-order chi connectivity index (χ0) is 13.8. The summed E-state index contributed by atoms with van der Waals surface area (Å²) in [6.45, 7) is 2.06. The average Bonchev–Trinajstić information content (AvgIpc) is 2.97. The van der Waals surface area contributed by atoms with Crippen LogP contribution in [-0.2, 0) is 4.79 Å². The standard InChI is InChI=1S/C13H14BrNO2S2/c1-8(12-5-9(14)7-19-12)15-10(6-13(16)17)11-3-2-4-18-11/h2-5,7-8,10,15H,6H2,1H3,(H,16,17). The molecule has 2 atom stereocenters. The zero-order valence-corrected chi connectivity index (χ0v) is 13.5. The number of carboxylic acids is 1. The molecule has 0 amide bonds. The van der Waals surface area contributed by atoms with Gasteiger partial charge in [0.2, 0.25) is 0 Å². The minimum atomic E-state index is -0.787. The summed E-state index contributed by atoms with van der Waals surface area (Å²) in [6, 6.07) is 5.97. The molecule has 102 valence electrons. The van der Waals surface area contributed by atoms with E-state index >= 15 is 0 Å². The highest BCUT2D eigenvalue weighted by atomic mass is 79.9. The molecule has 0 bridgehead atoms. The third-order valence-electron chi connectivity index (χ3n) is 2.73. The molecule has 6 heteroatoms. The maximum Gasteiger partial charge on any atom is 0.305 e. The minimum absolute atomic E-state index is 0.0946. The van der Waals surface area contributed by atoms with E-state index in [-0.39, 0.29) is 18.5 Å². The van der Waals surface area contributed by atoms with E-state index in [1.807, 2.05) is 22.9 Å². The average molecular weight is 360 g/mol. The Morgan fingerprint density at radius 2 is 2.26 bits per heavy atom. The first kappa shape index (κ1) is 14.7. The molecule has 0 radical (unpaired) electrons. The van der Waals surface area contributed by atoms with Gasteiger partial charge in [-0.1, -0.05) is 6.07 Å². The van der Waals surface area contributed by atoms with Crippen LogP contribution in [0, 0.1) is 0 Å². The molecule has 0 saturated carbocycles. The Morgan fingerprint density at radius 3 is 2.79 bits per heavy atom. The smallest absolute Gasteiger partial charge is 0.305 e. The molecular formula is C13H14BrNO2S2. The van der Waals surface area contributed by atoms with Crippen molar-refractivity contribution in [3.05, 3.63) is 43.2 Å². The molecule has 2 heterocycles. The molecule has 0 aliphatic heterocycles. The maximum atomic E-state index is 11.0. The minimum Gasteiger partial charge on any atom is -0.481 e. The Labute approximate surface area is 128 Å². The van der Waals surface area contributed by atoms with E-state index in [2.05, 4.69) is 34.2 Å². The number of aliphatic carboxylic acids is 1. The van der Waals surface area contributed by atoms with E-state index in [1.54, 1.807) is 22.7 Å². The van der Waals surface area contributed by atoms with Crippen molar-refractivity contribution in [2.45, 2.75) is 25.4 Å². The Morgan fingerprint density at radius 1 is 1.47 bits per heavy atom. The highest BCUT2D eigenvalue weighted by Crippen LogP contribution is 2.29. The van der Waals surface area contributed by atoms with Crippen molar-refractivity contribution in [1.82, 2.24) is 5.32 Å². The fraction of sp³-hybridized carbons (Fsp3) is 0.308. The first-order valence-electron chi connectivity index (χ1n) is 5.81. The molecule has 2 aromatic heterocycles. The van der Waals surface area contributed by atoms with E-state index in [1.165, 1.54) is 4.88 Å². The topological polar surface area (TPSA) is 49.3 Å². The van der Waals surface area contributed by atoms with Gasteiger partial charge in [0.15, 0.2) is 0 Å². The number of hydrogen-bond donors (Lipinski definition) is 2. The fourth-order valence-electron chi connectivity index (χ4n) is 1.85. The van der Waals surface area contributed by atoms with Gasteiger partial charge in [0.1, 0.15) is 0 Å². The summed E-state index contributed by atoms with van der Waals surface area (Å²) in [5, 5.41) is 16.4. The molecule has 0 aliphatic rings. The van der Waals surface area contributed by atoms with Crippen molar-refractivity contribution < 1.29 is 9.90 Å². The fourth-order valence-corrected chi connectivity index (χ4v) is 4.09. The predicted molar refractivity (Wildman–Crippen MR) is 82.9 cm³/mol. The number of nitrogens with one attached hydrogen (secondary N) is 1. The van der Waals surface area contributed by atoms with Gasteiger partial charge in [-0.25, -0.2) is 0 Å². The van der Waals surface area contributed by atoms with Gasteiger partial charge in [0, 0.05) is 25.6 Å².